The number of nitrogens with zero attached hydrogens (tertiary/aromatic N) is 2. The monoisotopic (exact) mass is 222 g/mol. The summed E-state index contributed by atoms with van der Waals surface area (Å²) in [6.07, 6.45) is 2.33. The molecule has 0 N–H and O–H groups in total. The Bertz CT molecular complexity index is 402. The van der Waals surface area contributed by atoms with Crippen LogP contribution in [-0.4, -0.2) is 36.2 Å². The minimum absolute atomic E-state index is 0.333. The maximum atomic E-state index is 11.6. The van der Waals surface area contributed by atoms with E-state index in [2.05, 4.69) is 4.98 Å². The topological polar surface area (TPSA) is 51.7 Å². The molecule has 0 atom stereocenters. The van der Waals surface area contributed by atoms with Crippen molar-refractivity contribution in [2.75, 3.05) is 20.2 Å². The molecule has 5 heteroatoms. The molecule has 0 spiro atoms. The van der Waals surface area contributed by atoms with Crippen molar-refractivity contribution in [2.24, 2.45) is 0 Å². The number of aryl methyl sites for hydroxylation is 1. The Morgan fingerprint density at radius 3 is 2.81 bits per heavy atom. The molecule has 1 aromatic rings. The lowest BCUT2D eigenvalue weighted by molar-refractivity contribution is 0.123. The lowest BCUT2D eigenvalue weighted by atomic mass is 10.2. The van der Waals surface area contributed by atoms with Gasteiger partial charge < -0.3 is 14.4 Å². The van der Waals surface area contributed by atoms with Gasteiger partial charge in [0.05, 0.1) is 7.11 Å². The number of likely N-dealkylation sites (tertiary alicyclic amines) is 1. The van der Waals surface area contributed by atoms with Crippen LogP contribution in [0.2, 0.25) is 0 Å². The molecular formula is C11H14N2O3. The molecule has 5 nitrogen and oxygen atoms in total. The van der Waals surface area contributed by atoms with E-state index in [1.165, 1.54) is 7.11 Å². The Labute approximate surface area is 94.0 Å². The SMILES string of the molecule is COc1nccc(C)c1OC(=O)N1CCC1. The van der Waals surface area contributed by atoms with E-state index >= 15 is 0 Å². The molecule has 1 saturated heterocycles. The summed E-state index contributed by atoms with van der Waals surface area (Å²) in [6.45, 7) is 3.38. The van der Waals surface area contributed by atoms with Crippen molar-refractivity contribution in [3.05, 3.63) is 17.8 Å². The highest BCUT2D eigenvalue weighted by atomic mass is 16.6. The first-order chi connectivity index (χ1) is 7.72. The van der Waals surface area contributed by atoms with Crippen LogP contribution in [0.25, 0.3) is 0 Å². The van der Waals surface area contributed by atoms with Gasteiger partial charge in [-0.25, -0.2) is 9.78 Å². The fourth-order valence-corrected chi connectivity index (χ4v) is 1.44. The number of ether oxygens (including phenoxy) is 2. The average molecular weight is 222 g/mol. The van der Waals surface area contributed by atoms with Gasteiger partial charge >= 0.3 is 6.09 Å². The molecule has 2 heterocycles. The van der Waals surface area contributed by atoms with Crippen LogP contribution in [0.1, 0.15) is 12.0 Å². The molecule has 1 aliphatic rings. The number of hydrogen-bond donors (Lipinski definition) is 0. The fraction of sp³-hybridized carbons (Fsp3) is 0.455. The van der Waals surface area contributed by atoms with Gasteiger partial charge in [0.15, 0.2) is 5.75 Å². The van der Waals surface area contributed by atoms with E-state index in [4.69, 9.17) is 9.47 Å². The molecule has 0 aliphatic carbocycles. The molecule has 0 saturated carbocycles. The zero-order chi connectivity index (χ0) is 11.5. The zero-order valence-corrected chi connectivity index (χ0v) is 9.40. The summed E-state index contributed by atoms with van der Waals surface area (Å²) in [5.41, 5.74) is 0.834. The van der Waals surface area contributed by atoms with E-state index < -0.39 is 0 Å². The van der Waals surface area contributed by atoms with E-state index in [9.17, 15) is 4.79 Å². The van der Waals surface area contributed by atoms with Gasteiger partial charge in [-0.05, 0) is 25.0 Å². The number of methoxy groups -OCH3 is 1. The largest absolute Gasteiger partial charge is 0.478 e. The fourth-order valence-electron chi connectivity index (χ4n) is 1.44. The molecule has 1 fully saturated rings. The van der Waals surface area contributed by atoms with Gasteiger partial charge in [-0.3, -0.25) is 0 Å². The second kappa shape index (κ2) is 4.38. The lowest BCUT2D eigenvalue weighted by Crippen LogP contribution is -2.43. The summed E-state index contributed by atoms with van der Waals surface area (Å²) < 4.78 is 10.3. The maximum Gasteiger partial charge on any atom is 0.415 e. The Morgan fingerprint density at radius 1 is 1.50 bits per heavy atom. The third-order valence-corrected chi connectivity index (χ3v) is 2.57. The zero-order valence-electron chi connectivity index (χ0n) is 9.40. The first kappa shape index (κ1) is 10.7. The highest BCUT2D eigenvalue weighted by molar-refractivity contribution is 5.72. The van der Waals surface area contributed by atoms with E-state index in [1.54, 1.807) is 17.2 Å². The van der Waals surface area contributed by atoms with Gasteiger partial charge in [0.1, 0.15) is 0 Å². The smallest absolute Gasteiger partial charge is 0.415 e. The number of hydrogen-bond acceptors (Lipinski definition) is 4. The van der Waals surface area contributed by atoms with Gasteiger partial charge in [0.25, 0.3) is 5.88 Å². The first-order valence-corrected chi connectivity index (χ1v) is 5.18. The number of amides is 1. The number of carbonyl (C=O) groups excluding carboxylic acids is 1. The molecule has 0 unspecified atom stereocenters. The van der Waals surface area contributed by atoms with Crippen LogP contribution in [0.4, 0.5) is 4.79 Å². The second-order valence-corrected chi connectivity index (χ2v) is 3.67. The maximum absolute atomic E-state index is 11.6. The summed E-state index contributed by atoms with van der Waals surface area (Å²) in [7, 11) is 1.50. The van der Waals surface area contributed by atoms with Crippen molar-refractivity contribution in [2.45, 2.75) is 13.3 Å². The average Bonchev–Trinajstić information content (AvgIpc) is 2.18. The predicted molar refractivity (Wildman–Crippen MR) is 57.7 cm³/mol. The van der Waals surface area contributed by atoms with Crippen molar-refractivity contribution in [1.82, 2.24) is 9.88 Å². The molecule has 2 rings (SSSR count). The minimum atomic E-state index is -0.333. The minimum Gasteiger partial charge on any atom is -0.478 e. The molecule has 1 aliphatic heterocycles. The van der Waals surface area contributed by atoms with Crippen molar-refractivity contribution >= 4 is 6.09 Å². The Balaban J connectivity index is 2.15. The van der Waals surface area contributed by atoms with Crippen LogP contribution < -0.4 is 9.47 Å². The van der Waals surface area contributed by atoms with E-state index in [0.717, 1.165) is 25.1 Å². The molecule has 1 aromatic heterocycles. The highest BCUT2D eigenvalue weighted by Gasteiger charge is 2.24. The van der Waals surface area contributed by atoms with Crippen LogP contribution in [0.15, 0.2) is 12.3 Å². The quantitative estimate of drug-likeness (QED) is 0.762. The molecule has 0 aromatic carbocycles. The van der Waals surface area contributed by atoms with Gasteiger partial charge in [0.2, 0.25) is 0 Å². The summed E-state index contributed by atoms with van der Waals surface area (Å²) in [5.74, 6) is 0.746. The van der Waals surface area contributed by atoms with Crippen LogP contribution in [0.5, 0.6) is 11.6 Å². The molecule has 16 heavy (non-hydrogen) atoms. The summed E-state index contributed by atoms with van der Waals surface area (Å²) in [5, 5.41) is 0. The van der Waals surface area contributed by atoms with Gasteiger partial charge in [-0.2, -0.15) is 0 Å². The second-order valence-electron chi connectivity index (χ2n) is 3.67. The van der Waals surface area contributed by atoms with E-state index in [-0.39, 0.29) is 6.09 Å². The Morgan fingerprint density at radius 2 is 2.25 bits per heavy atom. The van der Waals surface area contributed by atoms with Crippen LogP contribution in [0.3, 0.4) is 0 Å². The summed E-state index contributed by atoms with van der Waals surface area (Å²) in [4.78, 5) is 17.3. The third kappa shape index (κ3) is 1.93. The Hall–Kier alpha value is -1.78. The van der Waals surface area contributed by atoms with Gasteiger partial charge in [-0.15, -0.1) is 0 Å². The van der Waals surface area contributed by atoms with Crippen LogP contribution >= 0.6 is 0 Å². The van der Waals surface area contributed by atoms with Crippen molar-refractivity contribution in [1.29, 1.82) is 0 Å². The predicted octanol–water partition coefficient (Wildman–Crippen LogP) is 1.60. The molecule has 86 valence electrons. The number of aromatic nitrogens is 1. The highest BCUT2D eigenvalue weighted by Crippen LogP contribution is 2.28. The molecule has 1 amide bonds. The summed E-state index contributed by atoms with van der Waals surface area (Å²) >= 11 is 0. The van der Waals surface area contributed by atoms with Crippen LogP contribution in [0, 0.1) is 6.92 Å². The Kier molecular flexibility index (Phi) is 2.94. The van der Waals surface area contributed by atoms with Gasteiger partial charge in [-0.1, -0.05) is 0 Å². The van der Waals surface area contributed by atoms with Crippen molar-refractivity contribution < 1.29 is 14.3 Å². The summed E-state index contributed by atoms with van der Waals surface area (Å²) in [6, 6.07) is 1.78. The van der Waals surface area contributed by atoms with Crippen LogP contribution in [-0.2, 0) is 0 Å². The van der Waals surface area contributed by atoms with Gasteiger partial charge in [0, 0.05) is 19.3 Å². The van der Waals surface area contributed by atoms with Crippen molar-refractivity contribution in [3.63, 3.8) is 0 Å². The number of carbonyl (C=O) groups is 1. The third-order valence-electron chi connectivity index (χ3n) is 2.57. The number of pyridine rings is 1. The normalized spacial score (nSPS) is 14.2. The van der Waals surface area contributed by atoms with E-state index in [0.29, 0.717) is 11.6 Å². The van der Waals surface area contributed by atoms with E-state index in [1.807, 2.05) is 6.92 Å². The molecule has 0 radical (unpaired) electrons. The molecular weight excluding hydrogens is 208 g/mol. The first-order valence-electron chi connectivity index (χ1n) is 5.18. The van der Waals surface area contributed by atoms with Crippen molar-refractivity contribution in [3.8, 4) is 11.6 Å². The standard InChI is InChI=1S/C11H14N2O3/c1-8-4-5-12-10(15-2)9(8)16-11(14)13-6-3-7-13/h4-5H,3,6-7H2,1-2H3. The number of rotatable bonds is 2. The molecule has 0 bridgehead atoms. The lowest BCUT2D eigenvalue weighted by Gasteiger charge is -2.29.